The monoisotopic (exact) mass is 354 g/mol. The molecule has 8 heteroatoms. The summed E-state index contributed by atoms with van der Waals surface area (Å²) in [6.45, 7) is 1.84. The van der Waals surface area contributed by atoms with Crippen LogP contribution in [0.1, 0.15) is 36.2 Å². The molecule has 1 aromatic carbocycles. The lowest BCUT2D eigenvalue weighted by atomic mass is 10.1. The van der Waals surface area contributed by atoms with Crippen molar-refractivity contribution in [3.05, 3.63) is 38.9 Å². The number of benzene rings is 1. The van der Waals surface area contributed by atoms with Crippen molar-refractivity contribution in [2.24, 2.45) is 5.73 Å². The highest BCUT2D eigenvalue weighted by Gasteiger charge is 2.29. The Hall–Kier alpha value is -2.12. The third-order valence-electron chi connectivity index (χ3n) is 3.99. The highest BCUT2D eigenvalue weighted by atomic mass is 35.5. The van der Waals surface area contributed by atoms with E-state index in [4.69, 9.17) is 22.1 Å². The van der Waals surface area contributed by atoms with Crippen molar-refractivity contribution < 1.29 is 19.0 Å². The number of carboxylic acid groups (broad SMARTS) is 1. The van der Waals surface area contributed by atoms with Crippen LogP contribution >= 0.6 is 11.6 Å². The smallest absolute Gasteiger partial charge is 0.341 e. The van der Waals surface area contributed by atoms with Gasteiger partial charge in [-0.1, -0.05) is 11.6 Å². The van der Waals surface area contributed by atoms with E-state index >= 15 is 0 Å². The fraction of sp³-hybridized carbons (Fsp3) is 0.375. The molecule has 0 amide bonds. The summed E-state index contributed by atoms with van der Waals surface area (Å²) in [7, 11) is 0. The summed E-state index contributed by atoms with van der Waals surface area (Å²) in [4.78, 5) is 23.7. The van der Waals surface area contributed by atoms with Crippen LogP contribution in [0.2, 0.25) is 5.02 Å². The van der Waals surface area contributed by atoms with Crippen LogP contribution in [-0.2, 0) is 0 Å². The Morgan fingerprint density at radius 2 is 2.25 bits per heavy atom. The molecule has 0 saturated heterocycles. The molecule has 128 valence electrons. The highest BCUT2D eigenvalue weighted by Crippen LogP contribution is 2.42. The molecule has 0 radical (unpaired) electrons. The molecule has 6 nitrogen and oxygen atoms in total. The van der Waals surface area contributed by atoms with Crippen LogP contribution in [0.25, 0.3) is 10.9 Å². The number of hydrogen-bond donors (Lipinski definition) is 2. The van der Waals surface area contributed by atoms with E-state index in [-0.39, 0.29) is 34.3 Å². The van der Waals surface area contributed by atoms with Gasteiger partial charge in [-0.05, 0) is 25.8 Å². The third kappa shape index (κ3) is 2.74. The van der Waals surface area contributed by atoms with Crippen molar-refractivity contribution in [1.29, 1.82) is 0 Å². The summed E-state index contributed by atoms with van der Waals surface area (Å²) in [5, 5.41) is 9.10. The molecule has 2 aromatic rings. The van der Waals surface area contributed by atoms with Crippen LogP contribution < -0.4 is 15.9 Å². The minimum atomic E-state index is -1.36. The van der Waals surface area contributed by atoms with E-state index in [1.807, 2.05) is 0 Å². The number of pyridine rings is 1. The fourth-order valence-corrected chi connectivity index (χ4v) is 2.91. The molecule has 1 fully saturated rings. The Morgan fingerprint density at radius 3 is 2.79 bits per heavy atom. The van der Waals surface area contributed by atoms with Gasteiger partial charge in [-0.25, -0.2) is 9.18 Å². The number of ether oxygens (including phenoxy) is 1. The lowest BCUT2D eigenvalue weighted by Gasteiger charge is -2.18. The molecule has 1 atom stereocenters. The molecule has 24 heavy (non-hydrogen) atoms. The zero-order chi connectivity index (χ0) is 17.6. The van der Waals surface area contributed by atoms with Crippen LogP contribution in [0.4, 0.5) is 4.39 Å². The van der Waals surface area contributed by atoms with E-state index in [1.54, 1.807) is 11.5 Å². The Morgan fingerprint density at radius 1 is 1.58 bits per heavy atom. The molecule has 1 aliphatic carbocycles. The number of aromatic nitrogens is 1. The fourth-order valence-electron chi connectivity index (χ4n) is 2.57. The molecule has 1 heterocycles. The predicted octanol–water partition coefficient (Wildman–Crippen LogP) is 2.55. The topological polar surface area (TPSA) is 94.6 Å². The summed E-state index contributed by atoms with van der Waals surface area (Å²) >= 11 is 6.32. The summed E-state index contributed by atoms with van der Waals surface area (Å²) in [6, 6.07) is 1.02. The molecular weight excluding hydrogens is 339 g/mol. The van der Waals surface area contributed by atoms with Crippen LogP contribution in [-0.4, -0.2) is 28.3 Å². The molecule has 0 aliphatic heterocycles. The molecule has 3 N–H and O–H groups in total. The van der Waals surface area contributed by atoms with Gasteiger partial charge in [0.15, 0.2) is 11.6 Å². The zero-order valence-corrected chi connectivity index (χ0v) is 13.6. The molecule has 1 aliphatic rings. The number of nitrogens with zero attached hydrogens (tertiary/aromatic N) is 1. The number of nitrogens with two attached hydrogens (primary N) is 1. The summed E-state index contributed by atoms with van der Waals surface area (Å²) < 4.78 is 21.5. The minimum Gasteiger partial charge on any atom is -0.485 e. The van der Waals surface area contributed by atoms with Crippen LogP contribution in [0.3, 0.4) is 0 Å². The summed E-state index contributed by atoms with van der Waals surface area (Å²) in [5.74, 6) is -2.36. The van der Waals surface area contributed by atoms with Crippen molar-refractivity contribution in [3.8, 4) is 5.75 Å². The van der Waals surface area contributed by atoms with Gasteiger partial charge in [-0.15, -0.1) is 0 Å². The standard InChI is InChI=1S/C16H16ClFN2O4/c1-7(5-19)24-15-11(18)4-9-13(12(15)17)20(8-2-3-8)6-10(14(9)21)16(22)23/h4,6-8H,2-3,5,19H2,1H3,(H,22,23). The van der Waals surface area contributed by atoms with Gasteiger partial charge in [0, 0.05) is 18.8 Å². The number of rotatable bonds is 5. The second-order valence-electron chi connectivity index (χ2n) is 5.88. The van der Waals surface area contributed by atoms with Gasteiger partial charge in [0.25, 0.3) is 0 Å². The number of carbonyl (C=O) groups is 1. The van der Waals surface area contributed by atoms with Crippen molar-refractivity contribution in [2.45, 2.75) is 31.9 Å². The molecule has 1 aromatic heterocycles. The van der Waals surface area contributed by atoms with Crippen LogP contribution in [0.5, 0.6) is 5.75 Å². The lowest BCUT2D eigenvalue weighted by molar-refractivity contribution is 0.0695. The first-order valence-electron chi connectivity index (χ1n) is 7.52. The molecule has 1 unspecified atom stereocenters. The van der Waals surface area contributed by atoms with Crippen LogP contribution in [0.15, 0.2) is 17.1 Å². The SMILES string of the molecule is CC(CN)Oc1c(F)cc2c(=O)c(C(=O)O)cn(C3CC3)c2c1Cl. The normalized spacial score (nSPS) is 15.5. The van der Waals surface area contributed by atoms with Gasteiger partial charge in [0.2, 0.25) is 5.43 Å². The Balaban J connectivity index is 2.34. The third-order valence-corrected chi connectivity index (χ3v) is 4.34. The van der Waals surface area contributed by atoms with Gasteiger partial charge >= 0.3 is 5.97 Å². The first kappa shape index (κ1) is 16.7. The quantitative estimate of drug-likeness (QED) is 0.860. The average Bonchev–Trinajstić information content (AvgIpc) is 3.36. The molecule has 0 spiro atoms. The Kier molecular flexibility index (Phi) is 4.23. The number of halogens is 2. The Bertz CT molecular complexity index is 892. The molecule has 1 saturated carbocycles. The van der Waals surface area contributed by atoms with E-state index in [0.717, 1.165) is 18.9 Å². The highest BCUT2D eigenvalue weighted by molar-refractivity contribution is 6.36. The number of hydrogen-bond acceptors (Lipinski definition) is 4. The lowest BCUT2D eigenvalue weighted by Crippen LogP contribution is -2.24. The van der Waals surface area contributed by atoms with Gasteiger partial charge in [0.1, 0.15) is 16.7 Å². The number of fused-ring (bicyclic) bond motifs is 1. The van der Waals surface area contributed by atoms with Gasteiger partial charge in [-0.3, -0.25) is 4.79 Å². The number of carboxylic acids is 1. The van der Waals surface area contributed by atoms with Crippen molar-refractivity contribution in [1.82, 2.24) is 4.57 Å². The van der Waals surface area contributed by atoms with Gasteiger partial charge in [-0.2, -0.15) is 0 Å². The Labute approximate surface area is 141 Å². The second kappa shape index (κ2) is 6.07. The van der Waals surface area contributed by atoms with Gasteiger partial charge < -0.3 is 20.1 Å². The maximum Gasteiger partial charge on any atom is 0.341 e. The van der Waals surface area contributed by atoms with E-state index < -0.39 is 28.9 Å². The van der Waals surface area contributed by atoms with E-state index in [1.165, 1.54) is 6.20 Å². The van der Waals surface area contributed by atoms with Crippen molar-refractivity contribution in [2.75, 3.05) is 6.54 Å². The predicted molar refractivity (Wildman–Crippen MR) is 87.6 cm³/mol. The first-order valence-corrected chi connectivity index (χ1v) is 7.89. The number of aromatic carboxylic acids is 1. The second-order valence-corrected chi connectivity index (χ2v) is 6.26. The molecule has 0 bridgehead atoms. The van der Waals surface area contributed by atoms with E-state index in [9.17, 15) is 19.1 Å². The zero-order valence-electron chi connectivity index (χ0n) is 12.9. The van der Waals surface area contributed by atoms with Crippen LogP contribution in [0, 0.1) is 5.82 Å². The molecular formula is C16H16ClFN2O4. The first-order chi connectivity index (χ1) is 11.3. The maximum atomic E-state index is 14.4. The van der Waals surface area contributed by atoms with Gasteiger partial charge in [0.05, 0.1) is 10.9 Å². The molecule has 3 rings (SSSR count). The van der Waals surface area contributed by atoms with Crippen molar-refractivity contribution in [3.63, 3.8) is 0 Å². The summed E-state index contributed by atoms with van der Waals surface area (Å²) in [5.41, 5.74) is 4.60. The average molecular weight is 355 g/mol. The van der Waals surface area contributed by atoms with E-state index in [2.05, 4.69) is 0 Å². The summed E-state index contributed by atoms with van der Waals surface area (Å²) in [6.07, 6.45) is 2.47. The maximum absolute atomic E-state index is 14.4. The largest absolute Gasteiger partial charge is 0.485 e. The van der Waals surface area contributed by atoms with Crippen molar-refractivity contribution >= 4 is 28.5 Å². The minimum absolute atomic E-state index is 0.0361. The van der Waals surface area contributed by atoms with E-state index in [0.29, 0.717) is 0 Å².